The minimum Gasteiger partial charge on any atom is -0.480 e. The third-order valence-corrected chi connectivity index (χ3v) is 5.72. The highest BCUT2D eigenvalue weighted by molar-refractivity contribution is 5.77. The standard InChI is InChI=1S/C21H30N2O3/c1-2-16(17-6-4-3-5-7-17)10-20(24)22-18-11-19(12-18)23(14-21(25)26)13-15-8-9-15/h3-7,15-16,18-19H,2,8-14H2,1H3,(H,22,24)(H,25,26). The summed E-state index contributed by atoms with van der Waals surface area (Å²) in [6.07, 6.45) is 5.64. The highest BCUT2D eigenvalue weighted by Crippen LogP contribution is 2.34. The van der Waals surface area contributed by atoms with Crippen molar-refractivity contribution < 1.29 is 14.7 Å². The Morgan fingerprint density at radius 2 is 1.92 bits per heavy atom. The number of hydrogen-bond acceptors (Lipinski definition) is 3. The molecule has 5 heteroatoms. The first-order chi connectivity index (χ1) is 12.5. The summed E-state index contributed by atoms with van der Waals surface area (Å²) in [7, 11) is 0. The van der Waals surface area contributed by atoms with Crippen molar-refractivity contribution in [1.29, 1.82) is 0 Å². The summed E-state index contributed by atoms with van der Waals surface area (Å²) in [5.74, 6) is 0.285. The van der Waals surface area contributed by atoms with Gasteiger partial charge in [0.15, 0.2) is 0 Å². The minimum absolute atomic E-state index is 0.108. The molecule has 2 N–H and O–H groups in total. The normalized spacial score (nSPS) is 23.3. The quantitative estimate of drug-likeness (QED) is 0.674. The van der Waals surface area contributed by atoms with Gasteiger partial charge in [-0.05, 0) is 49.5 Å². The molecule has 0 spiro atoms. The van der Waals surface area contributed by atoms with Gasteiger partial charge in [-0.2, -0.15) is 0 Å². The average Bonchev–Trinajstić information content (AvgIpc) is 3.39. The van der Waals surface area contributed by atoms with Crippen molar-refractivity contribution >= 4 is 11.9 Å². The molecular formula is C21H30N2O3. The van der Waals surface area contributed by atoms with E-state index in [0.717, 1.165) is 25.8 Å². The largest absolute Gasteiger partial charge is 0.480 e. The molecule has 0 heterocycles. The second-order valence-electron chi connectivity index (χ2n) is 7.88. The first kappa shape index (κ1) is 18.9. The van der Waals surface area contributed by atoms with Gasteiger partial charge in [0.25, 0.3) is 0 Å². The molecule has 0 aromatic heterocycles. The maximum absolute atomic E-state index is 12.4. The number of carboxylic acid groups (broad SMARTS) is 1. The number of benzene rings is 1. The monoisotopic (exact) mass is 358 g/mol. The van der Waals surface area contributed by atoms with Gasteiger partial charge in [0.2, 0.25) is 5.91 Å². The Balaban J connectivity index is 1.43. The fourth-order valence-corrected chi connectivity index (χ4v) is 3.89. The van der Waals surface area contributed by atoms with Crippen molar-refractivity contribution in [2.45, 2.75) is 63.5 Å². The number of amides is 1. The highest BCUT2D eigenvalue weighted by Gasteiger charge is 2.37. The van der Waals surface area contributed by atoms with Gasteiger partial charge in [-0.1, -0.05) is 37.3 Å². The lowest BCUT2D eigenvalue weighted by Gasteiger charge is -2.42. The number of rotatable bonds is 10. The van der Waals surface area contributed by atoms with Crippen LogP contribution in [0, 0.1) is 5.92 Å². The average molecular weight is 358 g/mol. The number of carbonyl (C=O) groups is 2. The zero-order chi connectivity index (χ0) is 18.5. The van der Waals surface area contributed by atoms with Crippen LogP contribution in [0.4, 0.5) is 0 Å². The van der Waals surface area contributed by atoms with Crippen LogP contribution < -0.4 is 5.32 Å². The lowest BCUT2D eigenvalue weighted by molar-refractivity contribution is -0.140. The molecule has 1 aromatic rings. The molecule has 3 rings (SSSR count). The summed E-state index contributed by atoms with van der Waals surface area (Å²) < 4.78 is 0. The summed E-state index contributed by atoms with van der Waals surface area (Å²) in [5, 5.41) is 12.3. The molecule has 1 aromatic carbocycles. The smallest absolute Gasteiger partial charge is 0.317 e. The molecular weight excluding hydrogens is 328 g/mol. The molecule has 1 unspecified atom stereocenters. The number of carbonyl (C=O) groups excluding carboxylic acids is 1. The van der Waals surface area contributed by atoms with Gasteiger partial charge in [0.1, 0.15) is 0 Å². The molecule has 142 valence electrons. The Morgan fingerprint density at radius 1 is 1.23 bits per heavy atom. The first-order valence-corrected chi connectivity index (χ1v) is 9.85. The molecule has 1 atom stereocenters. The molecule has 2 fully saturated rings. The molecule has 0 aliphatic heterocycles. The van der Waals surface area contributed by atoms with Crippen LogP contribution in [0.25, 0.3) is 0 Å². The van der Waals surface area contributed by atoms with E-state index in [1.54, 1.807) is 0 Å². The van der Waals surface area contributed by atoms with Crippen LogP contribution in [0.15, 0.2) is 30.3 Å². The third-order valence-electron chi connectivity index (χ3n) is 5.72. The molecule has 0 radical (unpaired) electrons. The zero-order valence-corrected chi connectivity index (χ0v) is 15.6. The van der Waals surface area contributed by atoms with E-state index >= 15 is 0 Å². The summed E-state index contributed by atoms with van der Waals surface area (Å²) in [6.45, 7) is 3.13. The van der Waals surface area contributed by atoms with Gasteiger partial charge in [0, 0.05) is 25.0 Å². The lowest BCUT2D eigenvalue weighted by atomic mass is 9.84. The maximum atomic E-state index is 12.4. The van der Waals surface area contributed by atoms with Gasteiger partial charge < -0.3 is 10.4 Å². The van der Waals surface area contributed by atoms with Crippen molar-refractivity contribution in [1.82, 2.24) is 10.2 Å². The summed E-state index contributed by atoms with van der Waals surface area (Å²) in [4.78, 5) is 25.6. The minimum atomic E-state index is -0.758. The number of nitrogens with one attached hydrogen (secondary N) is 1. The van der Waals surface area contributed by atoms with Gasteiger partial charge in [0.05, 0.1) is 6.54 Å². The molecule has 2 aliphatic carbocycles. The van der Waals surface area contributed by atoms with Crippen molar-refractivity contribution in [3.05, 3.63) is 35.9 Å². The fraction of sp³-hybridized carbons (Fsp3) is 0.619. The predicted octanol–water partition coefficient (Wildman–Crippen LogP) is 3.01. The number of hydrogen-bond donors (Lipinski definition) is 2. The lowest BCUT2D eigenvalue weighted by Crippen LogP contribution is -2.55. The van der Waals surface area contributed by atoms with E-state index in [4.69, 9.17) is 5.11 Å². The van der Waals surface area contributed by atoms with Crippen LogP contribution in [0.2, 0.25) is 0 Å². The van der Waals surface area contributed by atoms with Crippen molar-refractivity contribution in [2.75, 3.05) is 13.1 Å². The van der Waals surface area contributed by atoms with Gasteiger partial charge >= 0.3 is 5.97 Å². The van der Waals surface area contributed by atoms with Crippen LogP contribution in [0.3, 0.4) is 0 Å². The Kier molecular flexibility index (Phi) is 6.30. The Labute approximate surface area is 155 Å². The molecule has 5 nitrogen and oxygen atoms in total. The fourth-order valence-electron chi connectivity index (χ4n) is 3.89. The predicted molar refractivity (Wildman–Crippen MR) is 101 cm³/mol. The number of carboxylic acids is 1. The van der Waals surface area contributed by atoms with Crippen LogP contribution >= 0.6 is 0 Å². The van der Waals surface area contributed by atoms with E-state index in [0.29, 0.717) is 18.4 Å². The zero-order valence-electron chi connectivity index (χ0n) is 15.6. The summed E-state index contributed by atoms with van der Waals surface area (Å²) in [5.41, 5.74) is 1.22. The Morgan fingerprint density at radius 3 is 2.50 bits per heavy atom. The van der Waals surface area contributed by atoms with E-state index in [1.165, 1.54) is 18.4 Å². The van der Waals surface area contributed by atoms with E-state index in [-0.39, 0.29) is 24.4 Å². The van der Waals surface area contributed by atoms with Crippen LogP contribution in [-0.4, -0.2) is 47.1 Å². The summed E-state index contributed by atoms with van der Waals surface area (Å²) >= 11 is 0. The van der Waals surface area contributed by atoms with Gasteiger partial charge in [-0.15, -0.1) is 0 Å². The molecule has 26 heavy (non-hydrogen) atoms. The van der Waals surface area contributed by atoms with E-state index in [1.807, 2.05) is 18.2 Å². The highest BCUT2D eigenvalue weighted by atomic mass is 16.4. The molecule has 2 saturated carbocycles. The summed E-state index contributed by atoms with van der Waals surface area (Å²) in [6, 6.07) is 10.7. The second-order valence-corrected chi connectivity index (χ2v) is 7.88. The Hall–Kier alpha value is -1.88. The third kappa shape index (κ3) is 5.31. The maximum Gasteiger partial charge on any atom is 0.317 e. The van der Waals surface area contributed by atoms with Crippen molar-refractivity contribution in [2.24, 2.45) is 5.92 Å². The first-order valence-electron chi connectivity index (χ1n) is 9.85. The SMILES string of the molecule is CCC(CC(=O)NC1CC(N(CC(=O)O)CC2CC2)C1)c1ccccc1. The molecule has 0 bridgehead atoms. The number of nitrogens with zero attached hydrogens (tertiary/aromatic N) is 1. The van der Waals surface area contributed by atoms with E-state index < -0.39 is 5.97 Å². The number of aliphatic carboxylic acids is 1. The van der Waals surface area contributed by atoms with Crippen LogP contribution in [0.1, 0.15) is 56.9 Å². The van der Waals surface area contributed by atoms with E-state index in [2.05, 4.69) is 29.3 Å². The van der Waals surface area contributed by atoms with E-state index in [9.17, 15) is 9.59 Å². The molecule has 2 aliphatic rings. The van der Waals surface area contributed by atoms with Crippen molar-refractivity contribution in [3.8, 4) is 0 Å². The van der Waals surface area contributed by atoms with Gasteiger partial charge in [-0.3, -0.25) is 14.5 Å². The van der Waals surface area contributed by atoms with Crippen molar-refractivity contribution in [3.63, 3.8) is 0 Å². The molecule has 0 saturated heterocycles. The van der Waals surface area contributed by atoms with Crippen LogP contribution in [0.5, 0.6) is 0 Å². The molecule has 1 amide bonds. The van der Waals surface area contributed by atoms with Gasteiger partial charge in [-0.25, -0.2) is 0 Å². The Bertz CT molecular complexity index is 609. The topological polar surface area (TPSA) is 69.6 Å². The second kappa shape index (κ2) is 8.67. The van der Waals surface area contributed by atoms with Crippen LogP contribution in [-0.2, 0) is 9.59 Å².